The Morgan fingerprint density at radius 2 is 2.16 bits per heavy atom. The third kappa shape index (κ3) is 2.65. The molecule has 0 fully saturated rings. The van der Waals surface area contributed by atoms with Gasteiger partial charge in [0, 0.05) is 17.5 Å². The van der Waals surface area contributed by atoms with Gasteiger partial charge in [0.15, 0.2) is 0 Å². The summed E-state index contributed by atoms with van der Waals surface area (Å²) in [4.78, 5) is 22.1. The van der Waals surface area contributed by atoms with Crippen molar-refractivity contribution in [1.29, 1.82) is 0 Å². The minimum atomic E-state index is -1.34. The minimum absolute atomic E-state index is 0.00167. The van der Waals surface area contributed by atoms with Gasteiger partial charge in [-0.25, -0.2) is 14.0 Å². The first kappa shape index (κ1) is 12.9. The Hall–Kier alpha value is -2.57. The quantitative estimate of drug-likeness (QED) is 0.835. The molecule has 0 saturated carbocycles. The van der Waals surface area contributed by atoms with Gasteiger partial charge in [0.2, 0.25) is 5.76 Å². The highest BCUT2D eigenvalue weighted by Crippen LogP contribution is 2.28. The number of esters is 1. The van der Waals surface area contributed by atoms with Crippen LogP contribution in [-0.2, 0) is 4.74 Å². The largest absolute Gasteiger partial charge is 0.465 e. The van der Waals surface area contributed by atoms with Crippen molar-refractivity contribution in [2.24, 2.45) is 0 Å². The lowest BCUT2D eigenvalue weighted by molar-refractivity contribution is 0.0492. The molecule has 0 aliphatic heterocycles. The zero-order valence-corrected chi connectivity index (χ0v) is 9.90. The van der Waals surface area contributed by atoms with E-state index in [4.69, 9.17) is 14.3 Å². The topological polar surface area (TPSA) is 88.8 Å². The van der Waals surface area contributed by atoms with Crippen LogP contribution in [0.5, 0.6) is 0 Å². The van der Waals surface area contributed by atoms with Gasteiger partial charge in [-0.15, -0.1) is 0 Å². The molecule has 100 valence electrons. The molecule has 1 aromatic heterocycles. The van der Waals surface area contributed by atoms with E-state index in [0.29, 0.717) is 0 Å². The molecule has 1 aromatic carbocycles. The molecule has 2 rings (SSSR count). The van der Waals surface area contributed by atoms with Crippen molar-refractivity contribution in [3.05, 3.63) is 29.8 Å². The maximum absolute atomic E-state index is 13.3. The van der Waals surface area contributed by atoms with Gasteiger partial charge >= 0.3 is 12.1 Å². The number of anilines is 1. The molecule has 0 unspecified atom stereocenters. The molecule has 2 N–H and O–H groups in total. The van der Waals surface area contributed by atoms with Gasteiger partial charge in [-0.1, -0.05) is 0 Å². The maximum Gasteiger partial charge on any atom is 0.409 e. The fourth-order valence-corrected chi connectivity index (χ4v) is 1.63. The summed E-state index contributed by atoms with van der Waals surface area (Å²) in [6.07, 6.45) is -1.34. The number of carboxylic acid groups (broad SMARTS) is 1. The van der Waals surface area contributed by atoms with Crippen molar-refractivity contribution in [3.8, 4) is 0 Å². The number of carbonyl (C=O) groups is 2. The second-order valence-electron chi connectivity index (χ2n) is 3.63. The number of amides is 1. The smallest absolute Gasteiger partial charge is 0.409 e. The number of halogens is 1. The van der Waals surface area contributed by atoms with E-state index < -0.39 is 17.9 Å². The van der Waals surface area contributed by atoms with Crippen LogP contribution in [0.2, 0.25) is 0 Å². The molecule has 1 amide bonds. The summed E-state index contributed by atoms with van der Waals surface area (Å²) in [7, 11) is 0. The highest BCUT2D eigenvalue weighted by atomic mass is 19.1. The molecule has 1 heterocycles. The van der Waals surface area contributed by atoms with Gasteiger partial charge in [-0.2, -0.15) is 0 Å². The molecule has 7 heteroatoms. The summed E-state index contributed by atoms with van der Waals surface area (Å²) < 4.78 is 23.2. The Bertz CT molecular complexity index is 649. The normalized spacial score (nSPS) is 10.4. The highest BCUT2D eigenvalue weighted by molar-refractivity contribution is 6.01. The number of rotatable bonds is 3. The van der Waals surface area contributed by atoms with Crippen LogP contribution in [0.3, 0.4) is 0 Å². The van der Waals surface area contributed by atoms with Crippen LogP contribution in [0.1, 0.15) is 17.5 Å². The molecule has 0 spiro atoms. The maximum atomic E-state index is 13.3. The first-order chi connectivity index (χ1) is 9.01. The lowest BCUT2D eigenvalue weighted by atomic mass is 10.2. The Morgan fingerprint density at radius 3 is 2.79 bits per heavy atom. The first-order valence-corrected chi connectivity index (χ1v) is 5.41. The predicted molar refractivity (Wildman–Crippen MR) is 63.8 cm³/mol. The SMILES string of the molecule is CCOC(=O)c1cc2c(NC(=O)O)cc(F)cc2o1. The number of furan rings is 1. The highest BCUT2D eigenvalue weighted by Gasteiger charge is 2.17. The molecule has 2 aromatic rings. The van der Waals surface area contributed by atoms with E-state index in [1.54, 1.807) is 6.92 Å². The van der Waals surface area contributed by atoms with Gasteiger partial charge in [0.1, 0.15) is 11.4 Å². The van der Waals surface area contributed by atoms with Crippen LogP contribution in [-0.4, -0.2) is 23.8 Å². The third-order valence-corrected chi connectivity index (χ3v) is 2.32. The van der Waals surface area contributed by atoms with Gasteiger partial charge in [0.25, 0.3) is 0 Å². The number of hydrogen-bond donors (Lipinski definition) is 2. The summed E-state index contributed by atoms with van der Waals surface area (Å²) in [5.41, 5.74) is 0.0635. The lowest BCUT2D eigenvalue weighted by Gasteiger charge is -2.01. The van der Waals surface area contributed by atoms with Crippen molar-refractivity contribution in [2.75, 3.05) is 11.9 Å². The minimum Gasteiger partial charge on any atom is -0.465 e. The van der Waals surface area contributed by atoms with E-state index in [2.05, 4.69) is 0 Å². The van der Waals surface area contributed by atoms with Crippen LogP contribution >= 0.6 is 0 Å². The molecule has 0 saturated heterocycles. The first-order valence-electron chi connectivity index (χ1n) is 5.41. The third-order valence-electron chi connectivity index (χ3n) is 2.32. The van der Waals surface area contributed by atoms with Crippen LogP contribution in [0.25, 0.3) is 11.0 Å². The number of ether oxygens (including phenoxy) is 1. The van der Waals surface area contributed by atoms with Crippen molar-refractivity contribution in [2.45, 2.75) is 6.92 Å². The van der Waals surface area contributed by atoms with Crippen LogP contribution < -0.4 is 5.32 Å². The van der Waals surface area contributed by atoms with E-state index in [9.17, 15) is 14.0 Å². The summed E-state index contributed by atoms with van der Waals surface area (Å²) in [5.74, 6) is -1.49. The fourth-order valence-electron chi connectivity index (χ4n) is 1.63. The second kappa shape index (κ2) is 4.97. The Labute approximate surface area is 106 Å². The second-order valence-corrected chi connectivity index (χ2v) is 3.63. The van der Waals surface area contributed by atoms with Crippen molar-refractivity contribution in [1.82, 2.24) is 0 Å². The number of benzene rings is 1. The van der Waals surface area contributed by atoms with E-state index in [-0.39, 0.29) is 29.0 Å². The number of nitrogens with one attached hydrogen (secondary N) is 1. The standard InChI is InChI=1S/C12H10FNO5/c1-2-18-11(15)10-5-7-8(14-12(16)17)3-6(13)4-9(7)19-10/h3-5,14H,2H2,1H3,(H,16,17). The molecular formula is C12H10FNO5. The fraction of sp³-hybridized carbons (Fsp3) is 0.167. The Kier molecular flexibility index (Phi) is 3.37. The van der Waals surface area contributed by atoms with E-state index in [1.165, 1.54) is 6.07 Å². The monoisotopic (exact) mass is 267 g/mol. The van der Waals surface area contributed by atoms with Crippen molar-refractivity contribution >= 4 is 28.7 Å². The van der Waals surface area contributed by atoms with Crippen molar-refractivity contribution < 1.29 is 28.2 Å². The molecule has 6 nitrogen and oxygen atoms in total. The lowest BCUT2D eigenvalue weighted by Crippen LogP contribution is -2.07. The molecule has 0 radical (unpaired) electrons. The molecule has 19 heavy (non-hydrogen) atoms. The van der Waals surface area contributed by atoms with Gasteiger partial charge in [-0.3, -0.25) is 5.32 Å². The number of fused-ring (bicyclic) bond motifs is 1. The van der Waals surface area contributed by atoms with Crippen LogP contribution in [0.15, 0.2) is 22.6 Å². The molecular weight excluding hydrogens is 257 g/mol. The number of hydrogen-bond acceptors (Lipinski definition) is 4. The Morgan fingerprint density at radius 1 is 1.42 bits per heavy atom. The molecule has 0 aliphatic carbocycles. The van der Waals surface area contributed by atoms with Crippen LogP contribution in [0, 0.1) is 5.82 Å². The predicted octanol–water partition coefficient (Wildman–Crippen LogP) is 2.84. The average molecular weight is 267 g/mol. The average Bonchev–Trinajstić information content (AvgIpc) is 2.72. The molecule has 0 atom stereocenters. The van der Waals surface area contributed by atoms with E-state index >= 15 is 0 Å². The zero-order chi connectivity index (χ0) is 14.0. The summed E-state index contributed by atoms with van der Waals surface area (Å²) >= 11 is 0. The zero-order valence-electron chi connectivity index (χ0n) is 9.90. The van der Waals surface area contributed by atoms with Gasteiger partial charge in [0.05, 0.1) is 12.3 Å². The van der Waals surface area contributed by atoms with Gasteiger partial charge in [-0.05, 0) is 13.0 Å². The summed E-state index contributed by atoms with van der Waals surface area (Å²) in [6, 6.07) is 3.37. The van der Waals surface area contributed by atoms with Crippen molar-refractivity contribution in [3.63, 3.8) is 0 Å². The molecule has 0 aliphatic rings. The summed E-state index contributed by atoms with van der Waals surface area (Å²) in [5, 5.41) is 11.0. The van der Waals surface area contributed by atoms with E-state index in [0.717, 1.165) is 12.1 Å². The summed E-state index contributed by atoms with van der Waals surface area (Å²) in [6.45, 7) is 1.81. The van der Waals surface area contributed by atoms with E-state index in [1.807, 2.05) is 5.32 Å². The Balaban J connectivity index is 2.51. The van der Waals surface area contributed by atoms with Crippen LogP contribution in [0.4, 0.5) is 14.9 Å². The number of carbonyl (C=O) groups excluding carboxylic acids is 1. The molecule has 0 bridgehead atoms. The van der Waals surface area contributed by atoms with Gasteiger partial charge < -0.3 is 14.3 Å².